The molecular weight excluding hydrogens is 256 g/mol. The van der Waals surface area contributed by atoms with Crippen LogP contribution in [0.1, 0.15) is 13.8 Å². The number of fused-ring (bicyclic) bond motifs is 1. The number of phenolic OH excluding ortho intramolecular Hbond substituents is 1. The van der Waals surface area contributed by atoms with Crippen LogP contribution in [0.5, 0.6) is 5.75 Å². The Labute approximate surface area is 117 Å². The summed E-state index contributed by atoms with van der Waals surface area (Å²) in [5.74, 6) is 0.519. The molecule has 20 heavy (non-hydrogen) atoms. The van der Waals surface area contributed by atoms with Crippen molar-refractivity contribution in [1.29, 1.82) is 0 Å². The average Bonchev–Trinajstić information content (AvgIpc) is 2.43. The lowest BCUT2D eigenvalue weighted by atomic mass is 10.1. The largest absolute Gasteiger partial charge is 0.508 e. The van der Waals surface area contributed by atoms with Gasteiger partial charge in [-0.05, 0) is 37.4 Å². The molecule has 0 bridgehead atoms. The zero-order valence-electron chi connectivity index (χ0n) is 11.8. The predicted octanol–water partition coefficient (Wildman–Crippen LogP) is 2.33. The van der Waals surface area contributed by atoms with E-state index in [1.807, 2.05) is 30.9 Å². The summed E-state index contributed by atoms with van der Waals surface area (Å²) in [6.07, 6.45) is 1.70. The molecule has 0 fully saturated rings. The third kappa shape index (κ3) is 2.82. The van der Waals surface area contributed by atoms with Gasteiger partial charge in [0.2, 0.25) is 0 Å². The maximum Gasteiger partial charge on any atom is 0.325 e. The number of aromatic nitrogens is 1. The second-order valence-corrected chi connectivity index (χ2v) is 4.84. The smallest absolute Gasteiger partial charge is 0.325 e. The molecule has 0 saturated heterocycles. The first-order valence-electron chi connectivity index (χ1n) is 6.44. The number of carbonyl (C=O) groups excluding carboxylic acids is 1. The Balaban J connectivity index is 2.52. The number of pyridine rings is 1. The van der Waals surface area contributed by atoms with Crippen molar-refractivity contribution in [2.24, 2.45) is 0 Å². The summed E-state index contributed by atoms with van der Waals surface area (Å²) in [6, 6.07) is 7.06. The minimum Gasteiger partial charge on any atom is -0.508 e. The van der Waals surface area contributed by atoms with E-state index in [1.165, 1.54) is 7.11 Å². The van der Waals surface area contributed by atoms with E-state index in [4.69, 9.17) is 4.74 Å². The summed E-state index contributed by atoms with van der Waals surface area (Å²) in [7, 11) is 1.36. The van der Waals surface area contributed by atoms with Gasteiger partial charge in [0.25, 0.3) is 0 Å². The Kier molecular flexibility index (Phi) is 4.08. The van der Waals surface area contributed by atoms with Gasteiger partial charge in [-0.1, -0.05) is 6.07 Å². The van der Waals surface area contributed by atoms with Crippen LogP contribution in [0.4, 0.5) is 5.82 Å². The van der Waals surface area contributed by atoms with E-state index in [0.29, 0.717) is 5.82 Å². The fourth-order valence-electron chi connectivity index (χ4n) is 2.08. The average molecular weight is 274 g/mol. The number of hydrogen-bond donors (Lipinski definition) is 1. The van der Waals surface area contributed by atoms with Crippen LogP contribution in [0.2, 0.25) is 0 Å². The molecule has 0 aliphatic carbocycles. The zero-order chi connectivity index (χ0) is 14.7. The van der Waals surface area contributed by atoms with Crippen molar-refractivity contribution in [3.63, 3.8) is 0 Å². The molecule has 0 radical (unpaired) electrons. The lowest BCUT2D eigenvalue weighted by Gasteiger charge is -2.27. The van der Waals surface area contributed by atoms with Gasteiger partial charge in [-0.3, -0.25) is 4.79 Å². The number of esters is 1. The standard InChI is InChI=1S/C15H18N2O3/c1-10(2)17(9-14(19)20-3)15-13-8-12(18)5-4-11(13)6-7-16-15/h4-8,10,18H,9H2,1-3H3. The highest BCUT2D eigenvalue weighted by Crippen LogP contribution is 2.28. The van der Waals surface area contributed by atoms with Gasteiger partial charge >= 0.3 is 5.97 Å². The van der Waals surface area contributed by atoms with Gasteiger partial charge < -0.3 is 14.7 Å². The first-order valence-corrected chi connectivity index (χ1v) is 6.44. The second kappa shape index (κ2) is 5.77. The number of anilines is 1. The number of carbonyl (C=O) groups is 1. The first-order chi connectivity index (χ1) is 9.52. The minimum absolute atomic E-state index is 0.0783. The van der Waals surface area contributed by atoms with Crippen molar-refractivity contribution < 1.29 is 14.6 Å². The number of nitrogens with zero attached hydrogens (tertiary/aromatic N) is 2. The van der Waals surface area contributed by atoms with Crippen molar-refractivity contribution in [3.05, 3.63) is 30.5 Å². The van der Waals surface area contributed by atoms with E-state index < -0.39 is 0 Å². The molecular formula is C15H18N2O3. The Morgan fingerprint density at radius 1 is 1.40 bits per heavy atom. The molecule has 0 saturated carbocycles. The van der Waals surface area contributed by atoms with Crippen molar-refractivity contribution in [2.75, 3.05) is 18.6 Å². The maximum atomic E-state index is 11.6. The summed E-state index contributed by atoms with van der Waals surface area (Å²) in [4.78, 5) is 17.8. The highest BCUT2D eigenvalue weighted by Gasteiger charge is 2.18. The highest BCUT2D eigenvalue weighted by molar-refractivity contribution is 5.94. The molecule has 0 aliphatic rings. The third-order valence-electron chi connectivity index (χ3n) is 3.15. The molecule has 1 aromatic carbocycles. The van der Waals surface area contributed by atoms with E-state index >= 15 is 0 Å². The summed E-state index contributed by atoms with van der Waals surface area (Å²) in [5.41, 5.74) is 0. The van der Waals surface area contributed by atoms with Crippen LogP contribution in [-0.2, 0) is 9.53 Å². The Hall–Kier alpha value is -2.30. The van der Waals surface area contributed by atoms with Crippen LogP contribution in [0.15, 0.2) is 30.5 Å². The van der Waals surface area contributed by atoms with Gasteiger partial charge in [0.05, 0.1) is 7.11 Å². The number of methoxy groups -OCH3 is 1. The minimum atomic E-state index is -0.322. The van der Waals surface area contributed by atoms with Crippen molar-refractivity contribution >= 4 is 22.6 Å². The molecule has 0 spiro atoms. The zero-order valence-corrected chi connectivity index (χ0v) is 11.8. The Morgan fingerprint density at radius 3 is 2.80 bits per heavy atom. The SMILES string of the molecule is COC(=O)CN(c1nccc2ccc(O)cc12)C(C)C. The van der Waals surface area contributed by atoms with Gasteiger partial charge in [0.15, 0.2) is 0 Å². The van der Waals surface area contributed by atoms with Gasteiger partial charge in [0, 0.05) is 17.6 Å². The fourth-order valence-corrected chi connectivity index (χ4v) is 2.08. The van der Waals surface area contributed by atoms with E-state index in [2.05, 4.69) is 4.98 Å². The number of benzene rings is 1. The van der Waals surface area contributed by atoms with E-state index in [-0.39, 0.29) is 24.3 Å². The molecule has 0 unspecified atom stereocenters. The molecule has 0 aliphatic heterocycles. The van der Waals surface area contributed by atoms with Crippen LogP contribution in [-0.4, -0.2) is 35.8 Å². The normalized spacial score (nSPS) is 10.8. The van der Waals surface area contributed by atoms with Crippen molar-refractivity contribution in [3.8, 4) is 5.75 Å². The quantitative estimate of drug-likeness (QED) is 0.867. The highest BCUT2D eigenvalue weighted by atomic mass is 16.5. The van der Waals surface area contributed by atoms with E-state index in [1.54, 1.807) is 18.3 Å². The van der Waals surface area contributed by atoms with Crippen molar-refractivity contribution in [2.45, 2.75) is 19.9 Å². The molecule has 2 aromatic rings. The summed E-state index contributed by atoms with van der Waals surface area (Å²) >= 11 is 0. The second-order valence-electron chi connectivity index (χ2n) is 4.84. The number of hydrogen-bond acceptors (Lipinski definition) is 5. The molecule has 5 nitrogen and oxygen atoms in total. The van der Waals surface area contributed by atoms with E-state index in [9.17, 15) is 9.90 Å². The number of aromatic hydroxyl groups is 1. The van der Waals surface area contributed by atoms with Crippen LogP contribution in [0.25, 0.3) is 10.8 Å². The molecule has 1 heterocycles. The molecule has 0 atom stereocenters. The molecule has 106 valence electrons. The predicted molar refractivity (Wildman–Crippen MR) is 77.9 cm³/mol. The van der Waals surface area contributed by atoms with Crippen LogP contribution in [0, 0.1) is 0 Å². The summed E-state index contributed by atoms with van der Waals surface area (Å²) < 4.78 is 4.73. The lowest BCUT2D eigenvalue weighted by molar-refractivity contribution is -0.139. The molecule has 0 amide bonds. The lowest BCUT2D eigenvalue weighted by Crippen LogP contribution is -2.37. The van der Waals surface area contributed by atoms with Gasteiger partial charge in [-0.25, -0.2) is 4.98 Å². The maximum absolute atomic E-state index is 11.6. The van der Waals surface area contributed by atoms with Crippen LogP contribution < -0.4 is 4.90 Å². The number of phenols is 1. The molecule has 1 N–H and O–H groups in total. The number of rotatable bonds is 4. The third-order valence-corrected chi connectivity index (χ3v) is 3.15. The van der Waals surface area contributed by atoms with Crippen LogP contribution in [0.3, 0.4) is 0 Å². The van der Waals surface area contributed by atoms with Gasteiger partial charge in [0.1, 0.15) is 18.1 Å². The monoisotopic (exact) mass is 274 g/mol. The van der Waals surface area contributed by atoms with Gasteiger partial charge in [-0.2, -0.15) is 0 Å². The number of ether oxygens (including phenoxy) is 1. The molecule has 2 rings (SSSR count). The van der Waals surface area contributed by atoms with E-state index in [0.717, 1.165) is 10.8 Å². The Morgan fingerprint density at radius 2 is 2.15 bits per heavy atom. The van der Waals surface area contributed by atoms with Crippen LogP contribution >= 0.6 is 0 Å². The Bertz CT molecular complexity index is 626. The van der Waals surface area contributed by atoms with Gasteiger partial charge in [-0.15, -0.1) is 0 Å². The topological polar surface area (TPSA) is 62.7 Å². The molecule has 1 aromatic heterocycles. The summed E-state index contributed by atoms with van der Waals surface area (Å²) in [6.45, 7) is 4.08. The fraction of sp³-hybridized carbons (Fsp3) is 0.333. The van der Waals surface area contributed by atoms with Crippen molar-refractivity contribution in [1.82, 2.24) is 4.98 Å². The summed E-state index contributed by atoms with van der Waals surface area (Å²) in [5, 5.41) is 11.4. The first kappa shape index (κ1) is 14.1. The molecule has 5 heteroatoms.